The lowest BCUT2D eigenvalue weighted by atomic mass is 10.4. The van der Waals surface area contributed by atoms with Crippen LogP contribution in [-0.4, -0.2) is 20.0 Å². The van der Waals surface area contributed by atoms with E-state index in [0.717, 1.165) is 0 Å². The minimum atomic E-state index is -0.549. The summed E-state index contributed by atoms with van der Waals surface area (Å²) in [5.74, 6) is 0.815. The number of nitro groups is 1. The second-order valence-electron chi connectivity index (χ2n) is 3.25. The predicted octanol–water partition coefficient (Wildman–Crippen LogP) is 1.29. The van der Waals surface area contributed by atoms with E-state index in [1.165, 1.54) is 12.3 Å². The van der Waals surface area contributed by atoms with Crippen molar-refractivity contribution in [3.05, 3.63) is 40.2 Å². The third kappa shape index (κ3) is 2.74. The van der Waals surface area contributed by atoms with E-state index in [-0.39, 0.29) is 5.82 Å². The summed E-state index contributed by atoms with van der Waals surface area (Å²) in [5, 5.41) is 17.1. The second-order valence-corrected chi connectivity index (χ2v) is 3.25. The van der Waals surface area contributed by atoms with Gasteiger partial charge in [-0.25, -0.2) is 0 Å². The standard InChI is InChI=1S/C9H9N5O3/c1-6-12-8(13-17-6)5-10-7-2-3-9(11-4-7)14(15)16/h2-4,10H,5H2,1H3. The number of anilines is 1. The van der Waals surface area contributed by atoms with E-state index in [1.807, 2.05) is 0 Å². The van der Waals surface area contributed by atoms with E-state index in [1.54, 1.807) is 13.0 Å². The van der Waals surface area contributed by atoms with E-state index < -0.39 is 4.92 Å². The lowest BCUT2D eigenvalue weighted by Gasteiger charge is -2.00. The van der Waals surface area contributed by atoms with Crippen LogP contribution in [0.15, 0.2) is 22.9 Å². The van der Waals surface area contributed by atoms with Crippen molar-refractivity contribution in [1.82, 2.24) is 15.1 Å². The van der Waals surface area contributed by atoms with Crippen LogP contribution < -0.4 is 5.32 Å². The average Bonchev–Trinajstić information content (AvgIpc) is 2.73. The Morgan fingerprint density at radius 2 is 2.35 bits per heavy atom. The van der Waals surface area contributed by atoms with Crippen LogP contribution in [0.5, 0.6) is 0 Å². The molecule has 2 rings (SSSR count). The van der Waals surface area contributed by atoms with Crippen molar-refractivity contribution in [1.29, 1.82) is 0 Å². The molecule has 0 unspecified atom stereocenters. The maximum absolute atomic E-state index is 10.4. The Morgan fingerprint density at radius 3 is 2.88 bits per heavy atom. The molecule has 88 valence electrons. The molecule has 2 aromatic rings. The van der Waals surface area contributed by atoms with Crippen LogP contribution in [0.2, 0.25) is 0 Å². The largest absolute Gasteiger partial charge is 0.375 e. The topological polar surface area (TPSA) is 107 Å². The average molecular weight is 235 g/mol. The van der Waals surface area contributed by atoms with Gasteiger partial charge in [-0.2, -0.15) is 4.98 Å². The first-order valence-corrected chi connectivity index (χ1v) is 4.78. The summed E-state index contributed by atoms with van der Waals surface area (Å²) in [6.45, 7) is 2.07. The van der Waals surface area contributed by atoms with Gasteiger partial charge in [0.15, 0.2) is 12.0 Å². The molecule has 0 aliphatic rings. The van der Waals surface area contributed by atoms with E-state index in [9.17, 15) is 10.1 Å². The van der Waals surface area contributed by atoms with Gasteiger partial charge in [0, 0.05) is 13.0 Å². The van der Waals surface area contributed by atoms with Crippen LogP contribution >= 0.6 is 0 Å². The van der Waals surface area contributed by atoms with Gasteiger partial charge in [0.2, 0.25) is 5.89 Å². The fourth-order valence-electron chi connectivity index (χ4n) is 1.19. The normalized spacial score (nSPS) is 10.2. The number of rotatable bonds is 4. The summed E-state index contributed by atoms with van der Waals surface area (Å²) < 4.78 is 4.80. The Labute approximate surface area is 95.8 Å². The molecule has 0 saturated heterocycles. The zero-order chi connectivity index (χ0) is 12.3. The molecule has 2 aromatic heterocycles. The predicted molar refractivity (Wildman–Crippen MR) is 57.3 cm³/mol. The molecule has 0 atom stereocenters. The molecule has 0 aliphatic carbocycles. The molecule has 0 fully saturated rings. The van der Waals surface area contributed by atoms with Crippen molar-refractivity contribution in [2.45, 2.75) is 13.5 Å². The van der Waals surface area contributed by atoms with Crippen LogP contribution in [0, 0.1) is 17.0 Å². The van der Waals surface area contributed by atoms with Gasteiger partial charge < -0.3 is 20.0 Å². The molecular weight excluding hydrogens is 226 g/mol. The SMILES string of the molecule is Cc1nc(CNc2ccc([N+](=O)[O-])nc2)no1. The van der Waals surface area contributed by atoms with Gasteiger partial charge in [0.1, 0.15) is 0 Å². The first-order chi connectivity index (χ1) is 8.15. The minimum absolute atomic E-state index is 0.189. The maximum atomic E-state index is 10.4. The van der Waals surface area contributed by atoms with Crippen molar-refractivity contribution < 1.29 is 9.45 Å². The van der Waals surface area contributed by atoms with Gasteiger partial charge >= 0.3 is 5.82 Å². The molecule has 17 heavy (non-hydrogen) atoms. The Balaban J connectivity index is 1.97. The maximum Gasteiger partial charge on any atom is 0.363 e. The number of nitrogens with one attached hydrogen (secondary N) is 1. The van der Waals surface area contributed by atoms with Crippen molar-refractivity contribution in [3.8, 4) is 0 Å². The number of aryl methyl sites for hydroxylation is 1. The minimum Gasteiger partial charge on any atom is -0.375 e. The molecule has 0 bridgehead atoms. The number of nitrogens with zero attached hydrogens (tertiary/aromatic N) is 4. The molecule has 0 saturated carbocycles. The van der Waals surface area contributed by atoms with Crippen LogP contribution in [0.4, 0.5) is 11.5 Å². The third-order valence-corrected chi connectivity index (χ3v) is 1.96. The Kier molecular flexibility index (Phi) is 2.95. The molecule has 0 spiro atoms. The fraction of sp³-hybridized carbons (Fsp3) is 0.222. The molecule has 0 aliphatic heterocycles. The van der Waals surface area contributed by atoms with Crippen molar-refractivity contribution >= 4 is 11.5 Å². The Morgan fingerprint density at radius 1 is 1.53 bits per heavy atom. The zero-order valence-electron chi connectivity index (χ0n) is 8.95. The smallest absolute Gasteiger partial charge is 0.363 e. The van der Waals surface area contributed by atoms with Crippen molar-refractivity contribution in [3.63, 3.8) is 0 Å². The van der Waals surface area contributed by atoms with Gasteiger partial charge in [-0.05, 0) is 16.0 Å². The van der Waals surface area contributed by atoms with E-state index >= 15 is 0 Å². The first kappa shape index (κ1) is 11.0. The highest BCUT2D eigenvalue weighted by Gasteiger charge is 2.07. The van der Waals surface area contributed by atoms with E-state index in [2.05, 4.69) is 20.4 Å². The molecular formula is C9H9N5O3. The van der Waals surface area contributed by atoms with Crippen LogP contribution in [0.25, 0.3) is 0 Å². The summed E-state index contributed by atoms with van der Waals surface area (Å²) in [6.07, 6.45) is 1.38. The highest BCUT2D eigenvalue weighted by molar-refractivity contribution is 5.43. The lowest BCUT2D eigenvalue weighted by Crippen LogP contribution is -2.02. The van der Waals surface area contributed by atoms with Crippen LogP contribution in [0.1, 0.15) is 11.7 Å². The number of hydrogen-bond acceptors (Lipinski definition) is 7. The Hall–Kier alpha value is -2.51. The molecule has 0 aromatic carbocycles. The third-order valence-electron chi connectivity index (χ3n) is 1.96. The molecule has 2 heterocycles. The molecule has 0 radical (unpaired) electrons. The first-order valence-electron chi connectivity index (χ1n) is 4.78. The molecule has 1 N–H and O–H groups in total. The molecule has 0 amide bonds. The number of pyridine rings is 1. The lowest BCUT2D eigenvalue weighted by molar-refractivity contribution is -0.389. The van der Waals surface area contributed by atoms with Crippen LogP contribution in [-0.2, 0) is 6.54 Å². The monoisotopic (exact) mass is 235 g/mol. The summed E-state index contributed by atoms with van der Waals surface area (Å²) in [4.78, 5) is 17.5. The Bertz CT molecular complexity index is 522. The summed E-state index contributed by atoms with van der Waals surface area (Å²) in [6, 6.07) is 2.89. The molecule has 8 nitrogen and oxygen atoms in total. The highest BCUT2D eigenvalue weighted by Crippen LogP contribution is 2.11. The number of hydrogen-bond donors (Lipinski definition) is 1. The van der Waals surface area contributed by atoms with E-state index in [0.29, 0.717) is 23.9 Å². The molecule has 8 heteroatoms. The summed E-state index contributed by atoms with van der Waals surface area (Å²) in [7, 11) is 0. The van der Waals surface area contributed by atoms with Gasteiger partial charge in [0.05, 0.1) is 12.2 Å². The quantitative estimate of drug-likeness (QED) is 0.628. The highest BCUT2D eigenvalue weighted by atomic mass is 16.6. The zero-order valence-corrected chi connectivity index (χ0v) is 8.95. The van der Waals surface area contributed by atoms with Gasteiger partial charge in [-0.1, -0.05) is 5.16 Å². The van der Waals surface area contributed by atoms with Crippen molar-refractivity contribution in [2.75, 3.05) is 5.32 Å². The summed E-state index contributed by atoms with van der Waals surface area (Å²) >= 11 is 0. The van der Waals surface area contributed by atoms with Gasteiger partial charge in [-0.15, -0.1) is 0 Å². The number of aromatic nitrogens is 3. The second kappa shape index (κ2) is 4.56. The van der Waals surface area contributed by atoms with Crippen molar-refractivity contribution in [2.24, 2.45) is 0 Å². The fourth-order valence-corrected chi connectivity index (χ4v) is 1.19. The summed E-state index contributed by atoms with van der Waals surface area (Å²) in [5.41, 5.74) is 0.651. The van der Waals surface area contributed by atoms with Crippen LogP contribution in [0.3, 0.4) is 0 Å². The van der Waals surface area contributed by atoms with Gasteiger partial charge in [-0.3, -0.25) is 0 Å². The van der Waals surface area contributed by atoms with Gasteiger partial charge in [0.25, 0.3) is 0 Å². The van der Waals surface area contributed by atoms with E-state index in [4.69, 9.17) is 4.52 Å².